The zero-order chi connectivity index (χ0) is 14.5. The van der Waals surface area contributed by atoms with Crippen molar-refractivity contribution in [3.63, 3.8) is 0 Å². The normalized spacial score (nSPS) is 10.2. The summed E-state index contributed by atoms with van der Waals surface area (Å²) in [5.41, 5.74) is 0.454. The first kappa shape index (κ1) is 13.9. The molecule has 0 saturated heterocycles. The van der Waals surface area contributed by atoms with Gasteiger partial charge in [0.05, 0.1) is 12.7 Å². The molecule has 3 N–H and O–H groups in total. The summed E-state index contributed by atoms with van der Waals surface area (Å²) in [4.78, 5) is 26.0. The molecule has 0 aliphatic carbocycles. The van der Waals surface area contributed by atoms with E-state index in [0.717, 1.165) is 11.5 Å². The van der Waals surface area contributed by atoms with Crippen molar-refractivity contribution in [2.45, 2.75) is 20.0 Å². The highest BCUT2D eigenvalue weighted by atomic mass is 32.1. The van der Waals surface area contributed by atoms with Crippen LogP contribution in [-0.4, -0.2) is 41.5 Å². The first-order valence-electron chi connectivity index (χ1n) is 5.49. The van der Waals surface area contributed by atoms with Crippen LogP contribution in [-0.2, 0) is 17.9 Å². The maximum atomic E-state index is 11.5. The van der Waals surface area contributed by atoms with Gasteiger partial charge in [0.1, 0.15) is 18.1 Å². The molecule has 2 heterocycles. The average Bonchev–Trinajstić information content (AvgIpc) is 2.96. The lowest BCUT2D eigenvalue weighted by molar-refractivity contribution is -0.137. The zero-order valence-electron chi connectivity index (χ0n) is 10.4. The Morgan fingerprint density at radius 3 is 2.95 bits per heavy atom. The van der Waals surface area contributed by atoms with Gasteiger partial charge in [0.15, 0.2) is 0 Å². The molecule has 10 nitrogen and oxygen atoms in total. The van der Waals surface area contributed by atoms with Gasteiger partial charge in [-0.15, -0.1) is 5.10 Å². The van der Waals surface area contributed by atoms with Crippen LogP contribution in [0.5, 0.6) is 0 Å². The number of aryl methyl sites for hydroxylation is 1. The van der Waals surface area contributed by atoms with Crippen molar-refractivity contribution in [2.75, 3.05) is 5.32 Å². The van der Waals surface area contributed by atoms with Crippen LogP contribution < -0.4 is 10.6 Å². The summed E-state index contributed by atoms with van der Waals surface area (Å²) in [6, 6.07) is -0.450. The first-order chi connectivity index (χ1) is 9.52. The number of nitrogens with one attached hydrogen (secondary N) is 2. The van der Waals surface area contributed by atoms with Crippen molar-refractivity contribution in [3.8, 4) is 0 Å². The fraction of sp³-hybridized carbons (Fsp3) is 0.333. The van der Waals surface area contributed by atoms with Gasteiger partial charge < -0.3 is 10.4 Å². The molecule has 0 fully saturated rings. The molecular weight excluding hydrogens is 286 g/mol. The van der Waals surface area contributed by atoms with E-state index in [1.54, 1.807) is 6.92 Å². The molecule has 0 atom stereocenters. The second-order valence-electron chi connectivity index (χ2n) is 3.76. The van der Waals surface area contributed by atoms with Crippen molar-refractivity contribution in [1.82, 2.24) is 29.7 Å². The van der Waals surface area contributed by atoms with E-state index in [1.165, 1.54) is 10.9 Å². The number of carboxylic acids is 1. The van der Waals surface area contributed by atoms with Crippen molar-refractivity contribution in [2.24, 2.45) is 0 Å². The zero-order valence-corrected chi connectivity index (χ0v) is 11.2. The molecule has 0 bridgehead atoms. The van der Waals surface area contributed by atoms with Gasteiger partial charge in [0.25, 0.3) is 0 Å². The van der Waals surface area contributed by atoms with E-state index in [2.05, 4.69) is 30.3 Å². The number of urea groups is 1. The van der Waals surface area contributed by atoms with Gasteiger partial charge in [0.2, 0.25) is 5.13 Å². The van der Waals surface area contributed by atoms with E-state index in [0.29, 0.717) is 16.6 Å². The number of carboxylic acid groups (broad SMARTS) is 1. The average molecular weight is 297 g/mol. The molecule has 0 unspecified atom stereocenters. The summed E-state index contributed by atoms with van der Waals surface area (Å²) >= 11 is 1.08. The lowest BCUT2D eigenvalue weighted by Crippen LogP contribution is -2.28. The summed E-state index contributed by atoms with van der Waals surface area (Å²) in [6.07, 6.45) is 1.45. The first-order valence-corrected chi connectivity index (χ1v) is 6.26. The maximum Gasteiger partial charge on any atom is 0.325 e. The van der Waals surface area contributed by atoms with Gasteiger partial charge in [-0.25, -0.2) is 14.5 Å². The monoisotopic (exact) mass is 297 g/mol. The van der Waals surface area contributed by atoms with Crippen LogP contribution in [0.1, 0.15) is 11.5 Å². The van der Waals surface area contributed by atoms with E-state index >= 15 is 0 Å². The molecule has 0 aliphatic heterocycles. The third-order valence-electron chi connectivity index (χ3n) is 2.06. The molecule has 0 aromatic carbocycles. The highest BCUT2D eigenvalue weighted by Crippen LogP contribution is 2.09. The standard InChI is InChI=1S/C9H11N7O3S/c1-5-11-9(20-14-5)12-8(19)10-2-6-3-16(15-13-6)4-7(17)18/h3H,2,4H2,1H3,(H,17,18)(H2,10,11,12,14,19). The minimum Gasteiger partial charge on any atom is -0.480 e. The second-order valence-corrected chi connectivity index (χ2v) is 4.51. The van der Waals surface area contributed by atoms with E-state index in [9.17, 15) is 9.59 Å². The number of hydrogen-bond donors (Lipinski definition) is 3. The van der Waals surface area contributed by atoms with Crippen LogP contribution in [0.3, 0.4) is 0 Å². The Morgan fingerprint density at radius 1 is 1.50 bits per heavy atom. The number of hydrogen-bond acceptors (Lipinski definition) is 7. The number of carbonyl (C=O) groups is 2. The Labute approximate surface area is 117 Å². The minimum atomic E-state index is -1.02. The molecule has 2 aromatic heterocycles. The van der Waals surface area contributed by atoms with Gasteiger partial charge in [-0.05, 0) is 6.92 Å². The Hall–Kier alpha value is -2.56. The van der Waals surface area contributed by atoms with Crippen LogP contribution in [0.25, 0.3) is 0 Å². The van der Waals surface area contributed by atoms with E-state index < -0.39 is 12.0 Å². The van der Waals surface area contributed by atoms with Crippen molar-refractivity contribution in [3.05, 3.63) is 17.7 Å². The van der Waals surface area contributed by atoms with Crippen molar-refractivity contribution < 1.29 is 14.7 Å². The molecule has 20 heavy (non-hydrogen) atoms. The molecule has 2 aromatic rings. The topological polar surface area (TPSA) is 135 Å². The summed E-state index contributed by atoms with van der Waals surface area (Å²) in [7, 11) is 0. The van der Waals surface area contributed by atoms with Gasteiger partial charge in [0, 0.05) is 11.5 Å². The fourth-order valence-electron chi connectivity index (χ4n) is 1.30. The molecule has 11 heteroatoms. The van der Waals surface area contributed by atoms with Gasteiger partial charge in [-0.1, -0.05) is 5.21 Å². The summed E-state index contributed by atoms with van der Waals surface area (Å²) in [5.74, 6) is -0.430. The number of carbonyl (C=O) groups excluding carboxylic acids is 1. The van der Waals surface area contributed by atoms with Gasteiger partial charge in [-0.2, -0.15) is 4.37 Å². The van der Waals surface area contributed by atoms with E-state index in [1.807, 2.05) is 0 Å². The number of anilines is 1. The van der Waals surface area contributed by atoms with Crippen LogP contribution >= 0.6 is 11.5 Å². The highest BCUT2D eigenvalue weighted by Gasteiger charge is 2.08. The van der Waals surface area contributed by atoms with Crippen LogP contribution in [0.2, 0.25) is 0 Å². The summed E-state index contributed by atoms with van der Waals surface area (Å²) in [6.45, 7) is 1.58. The maximum absolute atomic E-state index is 11.5. The summed E-state index contributed by atoms with van der Waals surface area (Å²) in [5, 5.41) is 21.4. The smallest absolute Gasteiger partial charge is 0.325 e. The van der Waals surface area contributed by atoms with Crippen LogP contribution in [0, 0.1) is 6.92 Å². The number of nitrogens with zero attached hydrogens (tertiary/aromatic N) is 5. The number of rotatable bonds is 5. The Bertz CT molecular complexity index is 623. The van der Waals surface area contributed by atoms with Crippen molar-refractivity contribution >= 4 is 28.7 Å². The number of aromatic nitrogens is 5. The van der Waals surface area contributed by atoms with Gasteiger partial charge in [-0.3, -0.25) is 10.1 Å². The minimum absolute atomic E-state index is 0.128. The Kier molecular flexibility index (Phi) is 4.20. The largest absolute Gasteiger partial charge is 0.480 e. The highest BCUT2D eigenvalue weighted by molar-refractivity contribution is 7.09. The lowest BCUT2D eigenvalue weighted by Gasteiger charge is -2.02. The molecule has 0 radical (unpaired) electrons. The molecule has 2 rings (SSSR count). The molecule has 0 saturated carbocycles. The second kappa shape index (κ2) is 6.06. The van der Waals surface area contributed by atoms with E-state index in [-0.39, 0.29) is 13.1 Å². The molecular formula is C9H11N7O3S. The lowest BCUT2D eigenvalue weighted by atomic mass is 10.5. The summed E-state index contributed by atoms with van der Waals surface area (Å²) < 4.78 is 5.10. The SMILES string of the molecule is Cc1nsc(NC(=O)NCc2cn(CC(=O)O)nn2)n1. The van der Waals surface area contributed by atoms with Gasteiger partial charge >= 0.3 is 12.0 Å². The van der Waals surface area contributed by atoms with Crippen LogP contribution in [0.15, 0.2) is 6.20 Å². The fourth-order valence-corrected chi connectivity index (χ4v) is 1.87. The van der Waals surface area contributed by atoms with E-state index in [4.69, 9.17) is 5.11 Å². The molecule has 2 amide bonds. The third kappa shape index (κ3) is 3.98. The Balaban J connectivity index is 1.81. The Morgan fingerprint density at radius 2 is 2.30 bits per heavy atom. The van der Waals surface area contributed by atoms with Crippen LogP contribution in [0.4, 0.5) is 9.93 Å². The number of amides is 2. The molecule has 0 aliphatic rings. The predicted molar refractivity (Wildman–Crippen MR) is 68.2 cm³/mol. The molecule has 106 valence electrons. The molecule has 0 spiro atoms. The number of aliphatic carboxylic acids is 1. The quantitative estimate of drug-likeness (QED) is 0.698. The predicted octanol–water partition coefficient (Wildman–Crippen LogP) is -0.156. The third-order valence-corrected chi connectivity index (χ3v) is 2.78. The van der Waals surface area contributed by atoms with Crippen molar-refractivity contribution in [1.29, 1.82) is 0 Å².